The normalized spacial score (nSPS) is 21.0. The number of carbonyl (C=O) groups excluding carboxylic acids is 1. The molecule has 0 bridgehead atoms. The van der Waals surface area contributed by atoms with E-state index in [-0.39, 0.29) is 23.9 Å². The van der Waals surface area contributed by atoms with Gasteiger partial charge in [-0.15, -0.1) is 0 Å². The van der Waals surface area contributed by atoms with Gasteiger partial charge in [-0.3, -0.25) is 4.79 Å². The van der Waals surface area contributed by atoms with Crippen LogP contribution in [-0.2, 0) is 16.0 Å². The number of hydrogen-bond acceptors (Lipinski definition) is 5. The van der Waals surface area contributed by atoms with E-state index in [4.69, 9.17) is 9.26 Å². The van der Waals surface area contributed by atoms with Gasteiger partial charge in [0.1, 0.15) is 5.82 Å². The highest BCUT2D eigenvalue weighted by Crippen LogP contribution is 2.17. The molecule has 0 spiro atoms. The van der Waals surface area contributed by atoms with Crippen molar-refractivity contribution in [1.29, 1.82) is 0 Å². The maximum atomic E-state index is 12.9. The lowest BCUT2D eigenvalue weighted by molar-refractivity contribution is -0.143. The summed E-state index contributed by atoms with van der Waals surface area (Å²) < 4.78 is 23.7. The Kier molecular flexibility index (Phi) is 4.89. The molecular weight excluding hydrogens is 313 g/mol. The van der Waals surface area contributed by atoms with E-state index < -0.39 is 0 Å². The molecule has 128 valence electrons. The van der Waals surface area contributed by atoms with Gasteiger partial charge in [0.25, 0.3) is 0 Å². The van der Waals surface area contributed by atoms with Crippen LogP contribution in [-0.4, -0.2) is 46.2 Å². The number of nitrogens with zero attached hydrogens (tertiary/aromatic N) is 3. The molecule has 1 amide bonds. The molecule has 1 saturated heterocycles. The summed E-state index contributed by atoms with van der Waals surface area (Å²) >= 11 is 0. The summed E-state index contributed by atoms with van der Waals surface area (Å²) in [6.07, 6.45) is 0.787. The second-order valence-electron chi connectivity index (χ2n) is 6.07. The predicted molar refractivity (Wildman–Crippen MR) is 84.6 cm³/mol. The number of morpholine rings is 1. The van der Waals surface area contributed by atoms with Gasteiger partial charge in [-0.25, -0.2) is 4.39 Å². The standard InChI is InChI=1S/C17H20FN3O3/c1-11-9-21(10-12(2)23-11)16(22)8-7-15-19-17(20-24-15)13-3-5-14(18)6-4-13/h3-6,11-12H,7-10H2,1-2H3/t11-,12-/m1/s1. The van der Waals surface area contributed by atoms with Crippen LogP contribution in [0.1, 0.15) is 26.2 Å². The molecular formula is C17H20FN3O3. The van der Waals surface area contributed by atoms with E-state index in [2.05, 4.69) is 10.1 Å². The molecule has 1 aliphatic rings. The minimum Gasteiger partial charge on any atom is -0.372 e. The summed E-state index contributed by atoms with van der Waals surface area (Å²) in [6, 6.07) is 5.86. The lowest BCUT2D eigenvalue weighted by Gasteiger charge is -2.35. The van der Waals surface area contributed by atoms with Crippen molar-refractivity contribution >= 4 is 5.91 Å². The van der Waals surface area contributed by atoms with Crippen LogP contribution in [0.25, 0.3) is 11.4 Å². The van der Waals surface area contributed by atoms with Crippen LogP contribution >= 0.6 is 0 Å². The minimum absolute atomic E-state index is 0.0474. The number of benzene rings is 1. The maximum Gasteiger partial charge on any atom is 0.227 e. The molecule has 0 unspecified atom stereocenters. The fourth-order valence-electron chi connectivity index (χ4n) is 2.83. The van der Waals surface area contributed by atoms with Crippen molar-refractivity contribution in [3.8, 4) is 11.4 Å². The summed E-state index contributed by atoms with van der Waals surface area (Å²) in [5.41, 5.74) is 0.675. The van der Waals surface area contributed by atoms with Gasteiger partial charge in [0.2, 0.25) is 17.6 Å². The zero-order valence-corrected chi connectivity index (χ0v) is 13.7. The summed E-state index contributed by atoms with van der Waals surface area (Å²) in [5.74, 6) is 0.531. The SMILES string of the molecule is C[C@@H]1CN(C(=O)CCc2nc(-c3ccc(F)cc3)no2)C[C@@H](C)O1. The van der Waals surface area contributed by atoms with Crippen molar-refractivity contribution in [2.45, 2.75) is 38.9 Å². The quantitative estimate of drug-likeness (QED) is 0.860. The van der Waals surface area contributed by atoms with Crippen LogP contribution in [0.2, 0.25) is 0 Å². The Hall–Kier alpha value is -2.28. The molecule has 7 heteroatoms. The average Bonchev–Trinajstić information content (AvgIpc) is 3.01. The van der Waals surface area contributed by atoms with Crippen LogP contribution in [0.5, 0.6) is 0 Å². The fraction of sp³-hybridized carbons (Fsp3) is 0.471. The van der Waals surface area contributed by atoms with Gasteiger partial charge in [-0.1, -0.05) is 5.16 Å². The van der Waals surface area contributed by atoms with Gasteiger partial charge in [0, 0.05) is 31.5 Å². The van der Waals surface area contributed by atoms with Gasteiger partial charge >= 0.3 is 0 Å². The Morgan fingerprint density at radius 3 is 2.58 bits per heavy atom. The fourth-order valence-corrected chi connectivity index (χ4v) is 2.83. The molecule has 6 nitrogen and oxygen atoms in total. The molecule has 0 aliphatic carbocycles. The van der Waals surface area contributed by atoms with Crippen molar-refractivity contribution in [1.82, 2.24) is 15.0 Å². The molecule has 2 heterocycles. The van der Waals surface area contributed by atoms with Crippen LogP contribution < -0.4 is 0 Å². The monoisotopic (exact) mass is 333 g/mol. The van der Waals surface area contributed by atoms with E-state index >= 15 is 0 Å². The topological polar surface area (TPSA) is 68.5 Å². The second-order valence-corrected chi connectivity index (χ2v) is 6.07. The lowest BCUT2D eigenvalue weighted by Crippen LogP contribution is -2.48. The third-order valence-electron chi connectivity index (χ3n) is 3.90. The first-order chi connectivity index (χ1) is 11.5. The van der Waals surface area contributed by atoms with Crippen LogP contribution in [0.15, 0.2) is 28.8 Å². The molecule has 1 aromatic heterocycles. The summed E-state index contributed by atoms with van der Waals surface area (Å²) in [7, 11) is 0. The highest BCUT2D eigenvalue weighted by Gasteiger charge is 2.25. The maximum absolute atomic E-state index is 12.9. The largest absolute Gasteiger partial charge is 0.372 e. The minimum atomic E-state index is -0.318. The molecule has 1 aromatic carbocycles. The van der Waals surface area contributed by atoms with Crippen LogP contribution in [0.4, 0.5) is 4.39 Å². The van der Waals surface area contributed by atoms with Gasteiger partial charge in [-0.05, 0) is 38.1 Å². The molecule has 2 aromatic rings. The van der Waals surface area contributed by atoms with E-state index in [1.807, 2.05) is 18.7 Å². The van der Waals surface area contributed by atoms with E-state index in [9.17, 15) is 9.18 Å². The Balaban J connectivity index is 1.57. The number of aromatic nitrogens is 2. The second kappa shape index (κ2) is 7.09. The van der Waals surface area contributed by atoms with Gasteiger partial charge in [0.15, 0.2) is 0 Å². The first-order valence-corrected chi connectivity index (χ1v) is 8.03. The number of amides is 1. The van der Waals surface area contributed by atoms with E-state index in [0.717, 1.165) is 0 Å². The number of halogens is 1. The number of aryl methyl sites for hydroxylation is 1. The Morgan fingerprint density at radius 2 is 1.92 bits per heavy atom. The van der Waals surface area contributed by atoms with Crippen molar-refractivity contribution in [3.63, 3.8) is 0 Å². The van der Waals surface area contributed by atoms with Crippen molar-refractivity contribution in [3.05, 3.63) is 36.0 Å². The zero-order chi connectivity index (χ0) is 17.1. The van der Waals surface area contributed by atoms with E-state index in [0.29, 0.717) is 43.2 Å². The van der Waals surface area contributed by atoms with Crippen molar-refractivity contribution in [2.24, 2.45) is 0 Å². The smallest absolute Gasteiger partial charge is 0.227 e. The Morgan fingerprint density at radius 1 is 1.25 bits per heavy atom. The highest BCUT2D eigenvalue weighted by atomic mass is 19.1. The van der Waals surface area contributed by atoms with E-state index in [1.165, 1.54) is 12.1 Å². The van der Waals surface area contributed by atoms with Crippen LogP contribution in [0.3, 0.4) is 0 Å². The average molecular weight is 333 g/mol. The zero-order valence-electron chi connectivity index (χ0n) is 13.7. The lowest BCUT2D eigenvalue weighted by atomic mass is 10.2. The summed E-state index contributed by atoms with van der Waals surface area (Å²) in [4.78, 5) is 18.4. The number of hydrogen-bond donors (Lipinski definition) is 0. The van der Waals surface area contributed by atoms with Crippen LogP contribution in [0, 0.1) is 5.82 Å². The van der Waals surface area contributed by atoms with Gasteiger partial charge in [-0.2, -0.15) is 4.98 Å². The first-order valence-electron chi connectivity index (χ1n) is 8.03. The van der Waals surface area contributed by atoms with Crippen molar-refractivity contribution < 1.29 is 18.4 Å². The molecule has 0 saturated carbocycles. The van der Waals surface area contributed by atoms with E-state index in [1.54, 1.807) is 12.1 Å². The molecule has 24 heavy (non-hydrogen) atoms. The predicted octanol–water partition coefficient (Wildman–Crippen LogP) is 2.44. The van der Waals surface area contributed by atoms with Gasteiger partial charge < -0.3 is 14.2 Å². The summed E-state index contributed by atoms with van der Waals surface area (Å²) in [5, 5.41) is 3.88. The molecule has 3 rings (SSSR count). The third kappa shape index (κ3) is 3.97. The third-order valence-corrected chi connectivity index (χ3v) is 3.90. The number of rotatable bonds is 4. The van der Waals surface area contributed by atoms with Gasteiger partial charge in [0.05, 0.1) is 12.2 Å². The number of ether oxygens (including phenoxy) is 1. The molecule has 0 N–H and O–H groups in total. The summed E-state index contributed by atoms with van der Waals surface area (Å²) in [6.45, 7) is 5.13. The first kappa shape index (κ1) is 16.6. The number of carbonyl (C=O) groups is 1. The highest BCUT2D eigenvalue weighted by molar-refractivity contribution is 5.76. The molecule has 0 radical (unpaired) electrons. The molecule has 1 aliphatic heterocycles. The molecule has 1 fully saturated rings. The Bertz CT molecular complexity index is 691. The van der Waals surface area contributed by atoms with Crippen molar-refractivity contribution in [2.75, 3.05) is 13.1 Å². The Labute approximate surface area is 139 Å². The molecule has 2 atom stereocenters.